The van der Waals surface area contributed by atoms with E-state index in [1.54, 1.807) is 7.11 Å². The van der Waals surface area contributed by atoms with Crippen LogP contribution in [-0.2, 0) is 4.74 Å². The van der Waals surface area contributed by atoms with Crippen LogP contribution in [0.15, 0.2) is 12.3 Å². The number of likely N-dealkylation sites (tertiary alicyclic amines) is 1. The van der Waals surface area contributed by atoms with Crippen molar-refractivity contribution in [2.45, 2.75) is 25.9 Å². The highest BCUT2D eigenvalue weighted by Crippen LogP contribution is 2.17. The van der Waals surface area contributed by atoms with Crippen molar-refractivity contribution in [1.29, 1.82) is 0 Å². The summed E-state index contributed by atoms with van der Waals surface area (Å²) in [4.78, 5) is 2.31. The van der Waals surface area contributed by atoms with Gasteiger partial charge in [0.2, 0.25) is 0 Å². The predicted molar refractivity (Wildman–Crippen MR) is 46.4 cm³/mol. The molecule has 0 N–H and O–H groups in total. The second-order valence-corrected chi connectivity index (χ2v) is 3.01. The summed E-state index contributed by atoms with van der Waals surface area (Å²) in [6, 6.07) is 0. The average Bonchev–Trinajstić information content (AvgIpc) is 2.50. The SMILES string of the molecule is C=C(CC)N1CCC(OC)C1. The molecular formula is C9H17NO. The van der Waals surface area contributed by atoms with Crippen LogP contribution in [0.5, 0.6) is 0 Å². The maximum Gasteiger partial charge on any atom is 0.0762 e. The molecule has 1 unspecified atom stereocenters. The second-order valence-electron chi connectivity index (χ2n) is 3.01. The summed E-state index contributed by atoms with van der Waals surface area (Å²) >= 11 is 0. The fourth-order valence-electron chi connectivity index (χ4n) is 1.43. The summed E-state index contributed by atoms with van der Waals surface area (Å²) in [5, 5.41) is 0. The van der Waals surface area contributed by atoms with Gasteiger partial charge in [-0.25, -0.2) is 0 Å². The van der Waals surface area contributed by atoms with Gasteiger partial charge in [-0.2, -0.15) is 0 Å². The molecule has 1 aliphatic heterocycles. The van der Waals surface area contributed by atoms with Crippen molar-refractivity contribution in [3.8, 4) is 0 Å². The molecule has 0 aliphatic carbocycles. The largest absolute Gasteiger partial charge is 0.380 e. The number of rotatable bonds is 3. The van der Waals surface area contributed by atoms with Crippen molar-refractivity contribution in [3.05, 3.63) is 12.3 Å². The first-order valence-corrected chi connectivity index (χ1v) is 4.23. The fourth-order valence-corrected chi connectivity index (χ4v) is 1.43. The molecule has 0 aromatic rings. The van der Waals surface area contributed by atoms with Gasteiger partial charge in [0.15, 0.2) is 0 Å². The molecule has 0 radical (unpaired) electrons. The molecule has 0 saturated carbocycles. The smallest absolute Gasteiger partial charge is 0.0762 e. The molecule has 2 heteroatoms. The Morgan fingerprint density at radius 1 is 1.73 bits per heavy atom. The van der Waals surface area contributed by atoms with Crippen LogP contribution in [0.2, 0.25) is 0 Å². The number of allylic oxidation sites excluding steroid dienone is 1. The predicted octanol–water partition coefficient (Wildman–Crippen LogP) is 1.63. The van der Waals surface area contributed by atoms with Gasteiger partial charge in [-0.1, -0.05) is 13.5 Å². The molecule has 0 bridgehead atoms. The van der Waals surface area contributed by atoms with E-state index in [0.29, 0.717) is 6.10 Å². The summed E-state index contributed by atoms with van der Waals surface area (Å²) in [7, 11) is 1.78. The molecule has 0 amide bonds. The molecule has 0 aromatic carbocycles. The summed E-state index contributed by atoms with van der Waals surface area (Å²) in [6.45, 7) is 8.28. The van der Waals surface area contributed by atoms with E-state index in [1.807, 2.05) is 0 Å². The normalized spacial score (nSPS) is 24.2. The summed E-state index contributed by atoms with van der Waals surface area (Å²) < 4.78 is 5.25. The van der Waals surface area contributed by atoms with E-state index in [1.165, 1.54) is 5.70 Å². The number of nitrogens with zero attached hydrogens (tertiary/aromatic N) is 1. The van der Waals surface area contributed by atoms with Crippen molar-refractivity contribution in [3.63, 3.8) is 0 Å². The van der Waals surface area contributed by atoms with Crippen molar-refractivity contribution < 1.29 is 4.74 Å². The van der Waals surface area contributed by atoms with Gasteiger partial charge in [-0.05, 0) is 12.8 Å². The van der Waals surface area contributed by atoms with Crippen LogP contribution < -0.4 is 0 Å². The van der Waals surface area contributed by atoms with Gasteiger partial charge in [-0.3, -0.25) is 0 Å². The maximum absolute atomic E-state index is 5.25. The molecule has 1 rings (SSSR count). The molecule has 0 aromatic heterocycles. The minimum Gasteiger partial charge on any atom is -0.380 e. The molecule has 1 saturated heterocycles. The van der Waals surface area contributed by atoms with Crippen LogP contribution in [0.4, 0.5) is 0 Å². The molecule has 64 valence electrons. The lowest BCUT2D eigenvalue weighted by molar-refractivity contribution is 0.111. The summed E-state index contributed by atoms with van der Waals surface area (Å²) in [5.41, 5.74) is 1.24. The second kappa shape index (κ2) is 3.77. The van der Waals surface area contributed by atoms with Crippen molar-refractivity contribution in [1.82, 2.24) is 4.90 Å². The summed E-state index contributed by atoms with van der Waals surface area (Å²) in [5.74, 6) is 0. The lowest BCUT2D eigenvalue weighted by atomic mass is 10.3. The Kier molecular flexibility index (Phi) is 2.94. The lowest BCUT2D eigenvalue weighted by Crippen LogP contribution is -2.21. The highest BCUT2D eigenvalue weighted by Gasteiger charge is 2.21. The zero-order valence-electron chi connectivity index (χ0n) is 7.47. The zero-order chi connectivity index (χ0) is 8.27. The Balaban J connectivity index is 2.35. The lowest BCUT2D eigenvalue weighted by Gasteiger charge is -2.19. The fraction of sp³-hybridized carbons (Fsp3) is 0.778. The molecule has 2 nitrogen and oxygen atoms in total. The van der Waals surface area contributed by atoms with Crippen LogP contribution in [0.3, 0.4) is 0 Å². The average molecular weight is 155 g/mol. The van der Waals surface area contributed by atoms with E-state index < -0.39 is 0 Å². The zero-order valence-corrected chi connectivity index (χ0v) is 7.47. The molecule has 1 atom stereocenters. The van der Waals surface area contributed by atoms with E-state index in [9.17, 15) is 0 Å². The third-order valence-electron chi connectivity index (χ3n) is 2.33. The van der Waals surface area contributed by atoms with E-state index in [2.05, 4.69) is 18.4 Å². The minimum atomic E-state index is 0.429. The van der Waals surface area contributed by atoms with E-state index in [-0.39, 0.29) is 0 Å². The number of hydrogen-bond acceptors (Lipinski definition) is 2. The molecule has 1 fully saturated rings. The summed E-state index contributed by atoms with van der Waals surface area (Å²) in [6.07, 6.45) is 2.63. The molecule has 11 heavy (non-hydrogen) atoms. The van der Waals surface area contributed by atoms with Gasteiger partial charge in [0, 0.05) is 25.9 Å². The molecule has 0 spiro atoms. The van der Waals surface area contributed by atoms with Gasteiger partial charge < -0.3 is 9.64 Å². The van der Waals surface area contributed by atoms with Gasteiger partial charge >= 0.3 is 0 Å². The van der Waals surface area contributed by atoms with Crippen LogP contribution in [0.25, 0.3) is 0 Å². The van der Waals surface area contributed by atoms with Crippen molar-refractivity contribution in [2.75, 3.05) is 20.2 Å². The van der Waals surface area contributed by atoms with Gasteiger partial charge in [0.1, 0.15) is 0 Å². The van der Waals surface area contributed by atoms with Crippen LogP contribution >= 0.6 is 0 Å². The minimum absolute atomic E-state index is 0.429. The standard InChI is InChI=1S/C9H17NO/c1-4-8(2)10-6-5-9(7-10)11-3/h9H,2,4-7H2,1,3H3. The monoisotopic (exact) mass is 155 g/mol. The van der Waals surface area contributed by atoms with E-state index >= 15 is 0 Å². The third-order valence-corrected chi connectivity index (χ3v) is 2.33. The maximum atomic E-state index is 5.25. The Labute approximate surface area is 68.8 Å². The molecule has 1 aliphatic rings. The Bertz CT molecular complexity index is 144. The highest BCUT2D eigenvalue weighted by molar-refractivity contribution is 4.96. The quantitative estimate of drug-likeness (QED) is 0.614. The molecule has 1 heterocycles. The third kappa shape index (κ3) is 1.96. The Hall–Kier alpha value is -0.500. The first kappa shape index (κ1) is 8.60. The molecular weight excluding hydrogens is 138 g/mol. The van der Waals surface area contributed by atoms with Crippen molar-refractivity contribution >= 4 is 0 Å². The van der Waals surface area contributed by atoms with E-state index in [4.69, 9.17) is 4.74 Å². The van der Waals surface area contributed by atoms with Crippen LogP contribution in [0, 0.1) is 0 Å². The Morgan fingerprint density at radius 2 is 2.45 bits per heavy atom. The number of methoxy groups -OCH3 is 1. The number of hydrogen-bond donors (Lipinski definition) is 0. The first-order chi connectivity index (χ1) is 5.27. The van der Waals surface area contributed by atoms with E-state index in [0.717, 1.165) is 25.9 Å². The van der Waals surface area contributed by atoms with Crippen LogP contribution in [-0.4, -0.2) is 31.2 Å². The van der Waals surface area contributed by atoms with Crippen molar-refractivity contribution in [2.24, 2.45) is 0 Å². The highest BCUT2D eigenvalue weighted by atomic mass is 16.5. The van der Waals surface area contributed by atoms with Gasteiger partial charge in [0.05, 0.1) is 6.10 Å². The Morgan fingerprint density at radius 3 is 2.91 bits per heavy atom. The first-order valence-electron chi connectivity index (χ1n) is 4.23. The van der Waals surface area contributed by atoms with Gasteiger partial charge in [-0.15, -0.1) is 0 Å². The topological polar surface area (TPSA) is 12.5 Å². The number of ether oxygens (including phenoxy) is 1. The van der Waals surface area contributed by atoms with Gasteiger partial charge in [0.25, 0.3) is 0 Å². The van der Waals surface area contributed by atoms with Crippen LogP contribution in [0.1, 0.15) is 19.8 Å².